The van der Waals surface area contributed by atoms with Gasteiger partial charge >= 0.3 is 11.9 Å². The Kier molecular flexibility index (Phi) is 3.32. The third kappa shape index (κ3) is 2.51. The number of aromatic amines is 1. The minimum atomic E-state index is -0.392. The lowest BCUT2D eigenvalue weighted by molar-refractivity contribution is -0.134. The summed E-state index contributed by atoms with van der Waals surface area (Å²) in [5.41, 5.74) is 0.810. The monoisotopic (exact) mass is 247 g/mol. The highest BCUT2D eigenvalue weighted by Gasteiger charge is 2.10. The molecule has 1 aromatic carbocycles. The van der Waals surface area contributed by atoms with E-state index in [4.69, 9.17) is 9.47 Å². The van der Waals surface area contributed by atoms with Gasteiger partial charge in [-0.25, -0.2) is 0 Å². The maximum atomic E-state index is 11.3. The Morgan fingerprint density at radius 2 is 2.06 bits per heavy atom. The molecule has 0 saturated carbocycles. The summed E-state index contributed by atoms with van der Waals surface area (Å²) in [6.07, 6.45) is 1.91. The minimum absolute atomic E-state index is 0.302. The molecule has 94 valence electrons. The number of benzene rings is 1. The van der Waals surface area contributed by atoms with E-state index in [2.05, 4.69) is 4.98 Å². The van der Waals surface area contributed by atoms with Crippen molar-refractivity contribution >= 4 is 22.8 Å². The van der Waals surface area contributed by atoms with Gasteiger partial charge < -0.3 is 14.5 Å². The SMILES string of the molecule is CCC(=O)Oc1c[nH]c2ccc(OC(C)=O)cc12. The molecule has 0 amide bonds. The van der Waals surface area contributed by atoms with Crippen molar-refractivity contribution in [3.63, 3.8) is 0 Å². The number of H-pyrrole nitrogens is 1. The minimum Gasteiger partial charge on any atom is -0.427 e. The molecule has 0 unspecified atom stereocenters. The van der Waals surface area contributed by atoms with Crippen LogP contribution >= 0.6 is 0 Å². The second kappa shape index (κ2) is 4.91. The Bertz CT molecular complexity index is 600. The smallest absolute Gasteiger partial charge is 0.310 e. The molecule has 5 heteroatoms. The molecule has 18 heavy (non-hydrogen) atoms. The van der Waals surface area contributed by atoms with Gasteiger partial charge in [-0.1, -0.05) is 6.92 Å². The zero-order valence-corrected chi connectivity index (χ0v) is 10.1. The summed E-state index contributed by atoms with van der Waals surface area (Å²) in [6.45, 7) is 3.06. The van der Waals surface area contributed by atoms with Gasteiger partial charge in [0.25, 0.3) is 0 Å². The average Bonchev–Trinajstić information content (AvgIpc) is 2.71. The van der Waals surface area contributed by atoms with Crippen LogP contribution in [0.5, 0.6) is 11.5 Å². The van der Waals surface area contributed by atoms with E-state index in [1.165, 1.54) is 6.92 Å². The number of carbonyl (C=O) groups is 2. The van der Waals surface area contributed by atoms with Crippen molar-refractivity contribution in [1.82, 2.24) is 4.98 Å². The Morgan fingerprint density at radius 3 is 2.72 bits per heavy atom. The van der Waals surface area contributed by atoms with Crippen molar-refractivity contribution in [2.75, 3.05) is 0 Å². The Hall–Kier alpha value is -2.30. The zero-order valence-electron chi connectivity index (χ0n) is 10.1. The van der Waals surface area contributed by atoms with E-state index in [9.17, 15) is 9.59 Å². The van der Waals surface area contributed by atoms with Crippen LogP contribution in [0.3, 0.4) is 0 Å². The summed E-state index contributed by atoms with van der Waals surface area (Å²) in [7, 11) is 0. The van der Waals surface area contributed by atoms with Gasteiger partial charge in [0, 0.05) is 30.4 Å². The lowest BCUT2D eigenvalue weighted by atomic mass is 10.2. The molecule has 0 radical (unpaired) electrons. The summed E-state index contributed by atoms with van der Waals surface area (Å²) >= 11 is 0. The maximum Gasteiger partial charge on any atom is 0.310 e. The number of ether oxygens (including phenoxy) is 2. The second-order valence-corrected chi connectivity index (χ2v) is 3.78. The first-order valence-corrected chi connectivity index (χ1v) is 5.60. The van der Waals surface area contributed by atoms with E-state index < -0.39 is 5.97 Å². The molecule has 0 bridgehead atoms. The Balaban J connectivity index is 2.36. The van der Waals surface area contributed by atoms with E-state index in [0.29, 0.717) is 23.3 Å². The van der Waals surface area contributed by atoms with Crippen LogP contribution in [0.1, 0.15) is 20.3 Å². The van der Waals surface area contributed by atoms with E-state index in [-0.39, 0.29) is 5.97 Å². The van der Waals surface area contributed by atoms with Crippen molar-refractivity contribution in [3.8, 4) is 11.5 Å². The highest BCUT2D eigenvalue weighted by atomic mass is 16.5. The molecule has 1 N–H and O–H groups in total. The fourth-order valence-electron chi connectivity index (χ4n) is 1.58. The molecule has 0 aliphatic carbocycles. The first kappa shape index (κ1) is 12.2. The molecular formula is C13H13NO4. The topological polar surface area (TPSA) is 68.4 Å². The molecule has 0 aliphatic rings. The first-order valence-electron chi connectivity index (χ1n) is 5.60. The third-order valence-corrected chi connectivity index (χ3v) is 2.39. The number of hydrogen-bond acceptors (Lipinski definition) is 4. The highest BCUT2D eigenvalue weighted by molar-refractivity contribution is 5.90. The quantitative estimate of drug-likeness (QED) is 0.668. The van der Waals surface area contributed by atoms with Gasteiger partial charge in [-0.05, 0) is 18.2 Å². The zero-order chi connectivity index (χ0) is 13.1. The molecule has 0 atom stereocenters. The van der Waals surface area contributed by atoms with Crippen LogP contribution in [0.2, 0.25) is 0 Å². The van der Waals surface area contributed by atoms with Crippen LogP contribution in [0, 0.1) is 0 Å². The largest absolute Gasteiger partial charge is 0.427 e. The van der Waals surface area contributed by atoms with Gasteiger partial charge in [0.1, 0.15) is 5.75 Å². The van der Waals surface area contributed by atoms with Gasteiger partial charge in [0.05, 0.1) is 0 Å². The molecule has 0 fully saturated rings. The van der Waals surface area contributed by atoms with Crippen molar-refractivity contribution in [2.45, 2.75) is 20.3 Å². The van der Waals surface area contributed by atoms with Crippen LogP contribution in [0.25, 0.3) is 10.9 Å². The summed E-state index contributed by atoms with van der Waals surface area (Å²) in [4.78, 5) is 25.1. The summed E-state index contributed by atoms with van der Waals surface area (Å²) in [5.74, 6) is 0.153. The van der Waals surface area contributed by atoms with Gasteiger partial charge in [-0.15, -0.1) is 0 Å². The lowest BCUT2D eigenvalue weighted by Crippen LogP contribution is -2.05. The number of aromatic nitrogens is 1. The number of rotatable bonds is 3. The maximum absolute atomic E-state index is 11.3. The molecule has 0 spiro atoms. The summed E-state index contributed by atoms with van der Waals surface area (Å²) in [5, 5.41) is 0.704. The number of fused-ring (bicyclic) bond motifs is 1. The van der Waals surface area contributed by atoms with Crippen LogP contribution in [0.15, 0.2) is 24.4 Å². The van der Waals surface area contributed by atoms with Crippen molar-refractivity contribution in [1.29, 1.82) is 0 Å². The number of carbonyl (C=O) groups excluding carboxylic acids is 2. The van der Waals surface area contributed by atoms with Crippen LogP contribution < -0.4 is 9.47 Å². The standard InChI is InChI=1S/C13H13NO4/c1-3-13(16)18-12-7-14-11-5-4-9(6-10(11)12)17-8(2)15/h4-7,14H,3H2,1-2H3. The molecular weight excluding hydrogens is 234 g/mol. The number of esters is 2. The van der Waals surface area contributed by atoms with Crippen molar-refractivity contribution < 1.29 is 19.1 Å². The Morgan fingerprint density at radius 1 is 1.28 bits per heavy atom. The second-order valence-electron chi connectivity index (χ2n) is 3.78. The summed E-state index contributed by atoms with van der Waals surface area (Å²) in [6, 6.07) is 5.09. The van der Waals surface area contributed by atoms with Crippen LogP contribution in [-0.4, -0.2) is 16.9 Å². The van der Waals surface area contributed by atoms with Crippen LogP contribution in [-0.2, 0) is 9.59 Å². The van der Waals surface area contributed by atoms with E-state index in [0.717, 1.165) is 5.52 Å². The van der Waals surface area contributed by atoms with Gasteiger partial charge in [-0.3, -0.25) is 9.59 Å². The van der Waals surface area contributed by atoms with E-state index in [1.54, 1.807) is 31.3 Å². The molecule has 0 saturated heterocycles. The number of hydrogen-bond donors (Lipinski definition) is 1. The normalized spacial score (nSPS) is 10.3. The van der Waals surface area contributed by atoms with Crippen molar-refractivity contribution in [3.05, 3.63) is 24.4 Å². The van der Waals surface area contributed by atoms with E-state index in [1.807, 2.05) is 0 Å². The van der Waals surface area contributed by atoms with Crippen LogP contribution in [0.4, 0.5) is 0 Å². The first-order chi connectivity index (χ1) is 8.60. The third-order valence-electron chi connectivity index (χ3n) is 2.39. The molecule has 1 aromatic heterocycles. The lowest BCUT2D eigenvalue weighted by Gasteiger charge is -2.03. The van der Waals surface area contributed by atoms with Gasteiger partial charge in [0.2, 0.25) is 0 Å². The molecule has 5 nitrogen and oxygen atoms in total. The molecule has 2 aromatic rings. The van der Waals surface area contributed by atoms with Crippen molar-refractivity contribution in [2.24, 2.45) is 0 Å². The fraction of sp³-hybridized carbons (Fsp3) is 0.231. The molecule has 2 rings (SSSR count). The summed E-state index contributed by atoms with van der Waals surface area (Å²) < 4.78 is 10.2. The average molecular weight is 247 g/mol. The predicted octanol–water partition coefficient (Wildman–Crippen LogP) is 2.41. The van der Waals surface area contributed by atoms with Gasteiger partial charge in [0.15, 0.2) is 5.75 Å². The number of nitrogens with one attached hydrogen (secondary N) is 1. The van der Waals surface area contributed by atoms with Gasteiger partial charge in [-0.2, -0.15) is 0 Å². The molecule has 0 aliphatic heterocycles. The molecule has 1 heterocycles. The fourth-order valence-corrected chi connectivity index (χ4v) is 1.58. The van der Waals surface area contributed by atoms with E-state index >= 15 is 0 Å². The Labute approximate surface area is 104 Å². The predicted molar refractivity (Wildman–Crippen MR) is 65.5 cm³/mol. The highest BCUT2D eigenvalue weighted by Crippen LogP contribution is 2.29.